The molecule has 0 atom stereocenters. The maximum Gasteiger partial charge on any atom is 0.0773 e. The van der Waals surface area contributed by atoms with E-state index in [0.29, 0.717) is 6.54 Å². The Morgan fingerprint density at radius 3 is 2.83 bits per heavy atom. The van der Waals surface area contributed by atoms with Crippen molar-refractivity contribution in [2.75, 3.05) is 6.54 Å². The first kappa shape index (κ1) is 12.1. The summed E-state index contributed by atoms with van der Waals surface area (Å²) in [5.41, 5.74) is 2.11. The molecule has 0 saturated heterocycles. The first-order valence-corrected chi connectivity index (χ1v) is 3.64. The number of nitrogens with one attached hydrogen (secondary N) is 1. The molecule has 0 spiro atoms. The van der Waals surface area contributed by atoms with Crippen LogP contribution < -0.4 is 5.32 Å². The van der Waals surface area contributed by atoms with Crippen LogP contribution in [-0.4, -0.2) is 12.4 Å². The minimum absolute atomic E-state index is 0. The topological polar surface area (TPSA) is 24.4 Å². The molecule has 1 radical (unpaired) electrons. The van der Waals surface area contributed by atoms with E-state index in [1.165, 1.54) is 0 Å². The minimum Gasteiger partial charge on any atom is -0.457 e. The number of hydrogen-bond donors (Lipinski definition) is 1. The van der Waals surface area contributed by atoms with E-state index in [2.05, 4.69) is 22.5 Å². The van der Waals surface area contributed by atoms with Crippen molar-refractivity contribution >= 4 is 5.84 Å². The van der Waals surface area contributed by atoms with E-state index in [-0.39, 0.29) is 32.7 Å². The molecule has 1 rings (SSSR count). The summed E-state index contributed by atoms with van der Waals surface area (Å²) in [7, 11) is 0. The Balaban J connectivity index is 0.00000121. The first-order valence-electron chi connectivity index (χ1n) is 3.64. The van der Waals surface area contributed by atoms with Gasteiger partial charge in [0.05, 0.1) is 5.84 Å². The average molecular weight is 237 g/mol. The van der Waals surface area contributed by atoms with Crippen LogP contribution in [0.15, 0.2) is 16.3 Å². The van der Waals surface area contributed by atoms with E-state index in [1.54, 1.807) is 0 Å². The summed E-state index contributed by atoms with van der Waals surface area (Å²) in [5, 5.41) is 3.12. The van der Waals surface area contributed by atoms with Crippen molar-refractivity contribution < 1.29 is 32.7 Å². The van der Waals surface area contributed by atoms with Gasteiger partial charge in [-0.1, -0.05) is 0 Å². The van der Waals surface area contributed by atoms with Crippen LogP contribution in [0.4, 0.5) is 0 Å². The summed E-state index contributed by atoms with van der Waals surface area (Å²) in [6, 6.07) is 0. The summed E-state index contributed by atoms with van der Waals surface area (Å²) in [4.78, 5) is 4.13. The minimum atomic E-state index is 0. The van der Waals surface area contributed by atoms with E-state index in [9.17, 15) is 0 Å². The molecule has 0 bridgehead atoms. The van der Waals surface area contributed by atoms with Gasteiger partial charge in [-0.15, -0.1) is 13.8 Å². The van der Waals surface area contributed by atoms with E-state index in [4.69, 9.17) is 0 Å². The van der Waals surface area contributed by atoms with Gasteiger partial charge in [0.1, 0.15) is 0 Å². The van der Waals surface area contributed by atoms with Crippen molar-refractivity contribution in [1.29, 1.82) is 0 Å². The number of amidine groups is 1. The Bertz CT molecular complexity index is 239. The molecule has 2 nitrogen and oxygen atoms in total. The van der Waals surface area contributed by atoms with Crippen LogP contribution in [0, 0.1) is 12.2 Å². The van der Waals surface area contributed by atoms with Gasteiger partial charge >= 0.3 is 0 Å². The van der Waals surface area contributed by atoms with E-state index in [0.717, 1.165) is 17.1 Å². The summed E-state index contributed by atoms with van der Waals surface area (Å²) < 4.78 is 0. The largest absolute Gasteiger partial charge is 0.457 e. The van der Waals surface area contributed by atoms with Crippen LogP contribution >= 0.6 is 0 Å². The monoisotopic (exact) mass is 237 g/mol. The van der Waals surface area contributed by atoms with Crippen LogP contribution in [0.25, 0.3) is 0 Å². The summed E-state index contributed by atoms with van der Waals surface area (Å²) in [6.07, 6.45) is 6.17. The molecule has 12 heavy (non-hydrogen) atoms. The SMILES string of the molecule is C[C-]=C(C)C1=[C-]CN=C(C)N1.[Y]. The molecule has 0 saturated carbocycles. The number of nitrogens with zero attached hydrogens (tertiary/aromatic N) is 1. The smallest absolute Gasteiger partial charge is 0.0773 e. The molecular weight excluding hydrogens is 225 g/mol. The number of aliphatic imine (C=N–C) groups is 1. The molecule has 0 fully saturated rings. The predicted molar refractivity (Wildman–Crippen MR) is 46.0 cm³/mol. The van der Waals surface area contributed by atoms with Gasteiger partial charge in [-0.3, -0.25) is 10.7 Å². The number of rotatable bonds is 1. The van der Waals surface area contributed by atoms with Crippen LogP contribution in [0.2, 0.25) is 0 Å². The van der Waals surface area contributed by atoms with Gasteiger partial charge in [0.25, 0.3) is 0 Å². The Kier molecular flexibility index (Phi) is 5.68. The second-order valence-electron chi connectivity index (χ2n) is 2.45. The molecule has 3 heteroatoms. The average Bonchev–Trinajstić information content (AvgIpc) is 2.03. The first-order chi connectivity index (χ1) is 5.24. The molecule has 0 unspecified atom stereocenters. The normalized spacial score (nSPS) is 17.1. The molecular formula is C9H12N2Y-2. The Morgan fingerprint density at radius 1 is 1.67 bits per heavy atom. The zero-order chi connectivity index (χ0) is 8.27. The van der Waals surface area contributed by atoms with Crippen LogP contribution in [0.5, 0.6) is 0 Å². The van der Waals surface area contributed by atoms with Crippen molar-refractivity contribution in [3.05, 3.63) is 23.4 Å². The molecule has 1 N–H and O–H groups in total. The van der Waals surface area contributed by atoms with Crippen molar-refractivity contribution in [3.63, 3.8) is 0 Å². The fourth-order valence-corrected chi connectivity index (χ4v) is 0.853. The Morgan fingerprint density at radius 2 is 2.33 bits per heavy atom. The molecule has 0 amide bonds. The van der Waals surface area contributed by atoms with Gasteiger partial charge in [-0.25, -0.2) is 0 Å². The third-order valence-corrected chi connectivity index (χ3v) is 1.63. The van der Waals surface area contributed by atoms with Crippen LogP contribution in [-0.2, 0) is 32.7 Å². The molecule has 0 aromatic carbocycles. The maximum atomic E-state index is 4.13. The van der Waals surface area contributed by atoms with Crippen molar-refractivity contribution in [3.8, 4) is 0 Å². The van der Waals surface area contributed by atoms with Gasteiger partial charge in [-0.05, 0) is 13.5 Å². The second-order valence-corrected chi connectivity index (χ2v) is 2.45. The summed E-state index contributed by atoms with van der Waals surface area (Å²) >= 11 is 0. The second kappa shape index (κ2) is 5.66. The van der Waals surface area contributed by atoms with Gasteiger partial charge in [-0.2, -0.15) is 0 Å². The molecule has 1 aliphatic rings. The molecule has 63 valence electrons. The van der Waals surface area contributed by atoms with Crippen LogP contribution in [0.1, 0.15) is 20.8 Å². The zero-order valence-electron chi connectivity index (χ0n) is 7.73. The van der Waals surface area contributed by atoms with Gasteiger partial charge < -0.3 is 23.0 Å². The summed E-state index contributed by atoms with van der Waals surface area (Å²) in [6.45, 7) is 6.51. The van der Waals surface area contributed by atoms with Gasteiger partial charge in [0.2, 0.25) is 0 Å². The Labute approximate surface area is 99.1 Å². The summed E-state index contributed by atoms with van der Waals surface area (Å²) in [5.74, 6) is 0.952. The Hall–Kier alpha value is 0.0539. The molecule has 0 aromatic rings. The number of allylic oxidation sites excluding steroid dienone is 2. The molecule has 0 aliphatic carbocycles. The van der Waals surface area contributed by atoms with Crippen molar-refractivity contribution in [1.82, 2.24) is 5.32 Å². The van der Waals surface area contributed by atoms with Gasteiger partial charge in [0, 0.05) is 32.7 Å². The third kappa shape index (κ3) is 3.20. The third-order valence-electron chi connectivity index (χ3n) is 1.63. The van der Waals surface area contributed by atoms with E-state index >= 15 is 0 Å². The zero-order valence-corrected chi connectivity index (χ0v) is 10.6. The fraction of sp³-hybridized carbons (Fsp3) is 0.444. The quantitative estimate of drug-likeness (QED) is 0.686. The van der Waals surface area contributed by atoms with Gasteiger partial charge in [0.15, 0.2) is 0 Å². The molecule has 0 aromatic heterocycles. The predicted octanol–water partition coefficient (Wildman–Crippen LogP) is 1.46. The maximum absolute atomic E-state index is 4.13. The molecule has 1 heterocycles. The van der Waals surface area contributed by atoms with Crippen molar-refractivity contribution in [2.45, 2.75) is 20.8 Å². The fourth-order valence-electron chi connectivity index (χ4n) is 0.853. The van der Waals surface area contributed by atoms with Crippen molar-refractivity contribution in [2.24, 2.45) is 4.99 Å². The van der Waals surface area contributed by atoms with E-state index < -0.39 is 0 Å². The standard InChI is InChI=1S/C9H12N2.Y/c1-4-7(2)9-5-6-10-8(3)11-9;/h6H2,1-3H3,(H,10,11);/q-2;. The van der Waals surface area contributed by atoms with E-state index in [1.807, 2.05) is 20.8 Å². The number of hydrogen-bond acceptors (Lipinski definition) is 2. The van der Waals surface area contributed by atoms with Crippen LogP contribution in [0.3, 0.4) is 0 Å². The molecule has 1 aliphatic heterocycles.